The van der Waals surface area contributed by atoms with Crippen molar-refractivity contribution in [3.8, 4) is 11.8 Å². The number of rotatable bonds is 6. The molecule has 0 bridgehead atoms. The number of nitrogens with one attached hydrogen (secondary N) is 1. The second-order valence-electron chi connectivity index (χ2n) is 9.73. The minimum absolute atomic E-state index is 0.0504. The summed E-state index contributed by atoms with van der Waals surface area (Å²) in [5, 5.41) is 3.31. The van der Waals surface area contributed by atoms with E-state index < -0.39 is 11.9 Å². The van der Waals surface area contributed by atoms with E-state index >= 15 is 0 Å². The highest BCUT2D eigenvalue weighted by atomic mass is 16.5. The molecule has 4 heterocycles. The first kappa shape index (κ1) is 23.4. The normalized spacial score (nSPS) is 21.9. The minimum atomic E-state index is -0.617. The lowest BCUT2D eigenvalue weighted by atomic mass is 10.0. The fraction of sp³-hybridized carbons (Fsp3) is 0.370. The number of ether oxygens (including phenoxy) is 2. The van der Waals surface area contributed by atoms with Gasteiger partial charge in [-0.15, -0.1) is 0 Å². The molecule has 2 unspecified atom stereocenters. The quantitative estimate of drug-likeness (QED) is 0.511. The van der Waals surface area contributed by atoms with Gasteiger partial charge in [-0.05, 0) is 54.3 Å². The predicted octanol–water partition coefficient (Wildman–Crippen LogP) is 2.05. The molecule has 10 nitrogen and oxygen atoms in total. The fourth-order valence-corrected chi connectivity index (χ4v) is 5.37. The van der Waals surface area contributed by atoms with Crippen molar-refractivity contribution in [1.29, 1.82) is 0 Å². The monoisotopic (exact) mass is 501 g/mol. The van der Waals surface area contributed by atoms with E-state index in [0.717, 1.165) is 48.3 Å². The second-order valence-corrected chi connectivity index (χ2v) is 9.73. The molecule has 2 fully saturated rings. The number of nitrogens with zero attached hydrogens (tertiary/aromatic N) is 4. The third-order valence-electron chi connectivity index (χ3n) is 7.24. The molecule has 6 rings (SSSR count). The van der Waals surface area contributed by atoms with Crippen LogP contribution in [0.2, 0.25) is 0 Å². The average Bonchev–Trinajstić information content (AvgIpc) is 3.47. The molecule has 3 amide bonds. The maximum atomic E-state index is 12.9. The number of benzene rings is 2. The molecule has 3 aliphatic rings. The number of hydrogen-bond donors (Lipinski definition) is 1. The van der Waals surface area contributed by atoms with Crippen molar-refractivity contribution >= 4 is 28.6 Å². The van der Waals surface area contributed by atoms with Crippen molar-refractivity contribution in [2.75, 3.05) is 20.2 Å². The van der Waals surface area contributed by atoms with Crippen LogP contribution in [-0.4, -0.2) is 69.8 Å². The van der Waals surface area contributed by atoms with E-state index in [9.17, 15) is 14.4 Å². The first-order valence-corrected chi connectivity index (χ1v) is 12.4. The summed E-state index contributed by atoms with van der Waals surface area (Å²) in [6, 6.07) is 11.4. The molecule has 3 aromatic rings. The number of carbonyl (C=O) groups is 3. The molecular weight excluding hydrogens is 474 g/mol. The first-order chi connectivity index (χ1) is 18.0. The summed E-state index contributed by atoms with van der Waals surface area (Å²) in [7, 11) is 1.56. The van der Waals surface area contributed by atoms with E-state index in [1.807, 2.05) is 18.2 Å². The Morgan fingerprint density at radius 2 is 2.00 bits per heavy atom. The lowest BCUT2D eigenvalue weighted by Crippen LogP contribution is -2.52. The van der Waals surface area contributed by atoms with Gasteiger partial charge in [-0.2, -0.15) is 4.98 Å². The van der Waals surface area contributed by atoms with Crippen LogP contribution >= 0.6 is 0 Å². The maximum Gasteiger partial charge on any atom is 0.316 e. The molecular formula is C27H27N5O5. The number of aromatic nitrogens is 2. The van der Waals surface area contributed by atoms with Crippen molar-refractivity contribution in [2.45, 2.75) is 44.5 Å². The largest absolute Gasteiger partial charge is 0.489 e. The summed E-state index contributed by atoms with van der Waals surface area (Å²) in [4.78, 5) is 49.1. The molecule has 1 aromatic heterocycles. The van der Waals surface area contributed by atoms with Gasteiger partial charge in [-0.3, -0.25) is 24.6 Å². The van der Waals surface area contributed by atoms with Crippen LogP contribution in [0.1, 0.15) is 40.7 Å². The van der Waals surface area contributed by atoms with Crippen LogP contribution in [0.4, 0.5) is 0 Å². The Labute approximate surface area is 213 Å². The molecule has 10 heteroatoms. The van der Waals surface area contributed by atoms with Gasteiger partial charge >= 0.3 is 6.01 Å². The van der Waals surface area contributed by atoms with Crippen molar-refractivity contribution in [3.63, 3.8) is 0 Å². The lowest BCUT2D eigenvalue weighted by Gasteiger charge is -2.29. The predicted molar refractivity (Wildman–Crippen MR) is 133 cm³/mol. The molecule has 0 aliphatic carbocycles. The molecule has 0 saturated carbocycles. The first-order valence-electron chi connectivity index (χ1n) is 12.4. The highest BCUT2D eigenvalue weighted by Gasteiger charge is 2.39. The van der Waals surface area contributed by atoms with E-state index in [1.54, 1.807) is 24.3 Å². The Balaban J connectivity index is 1.07. The Morgan fingerprint density at radius 1 is 1.11 bits per heavy atom. The van der Waals surface area contributed by atoms with Gasteiger partial charge in [0.15, 0.2) is 0 Å². The smallest absolute Gasteiger partial charge is 0.316 e. The number of fused-ring (bicyclic) bond motifs is 2. The number of imide groups is 1. The van der Waals surface area contributed by atoms with Gasteiger partial charge in [0.05, 0.1) is 12.6 Å². The van der Waals surface area contributed by atoms with Crippen LogP contribution in [0.15, 0.2) is 42.6 Å². The van der Waals surface area contributed by atoms with Crippen molar-refractivity contribution in [2.24, 2.45) is 0 Å². The average molecular weight is 502 g/mol. The number of methoxy groups -OCH3 is 1. The third-order valence-corrected chi connectivity index (χ3v) is 7.24. The van der Waals surface area contributed by atoms with Crippen LogP contribution in [0.3, 0.4) is 0 Å². The standard InChI is InChI=1S/C27H27N5O5/c1-36-27-28-12-17-10-16(2-5-22(17)29-27)13-31-9-8-20(15-31)37-19-3-4-21-18(11-19)14-32(26(21)35)23-6-7-24(33)30-25(23)34/h2-5,10-12,20,23H,6-9,13-15H2,1H3,(H,30,33,34). The zero-order valence-corrected chi connectivity index (χ0v) is 20.5. The number of carbonyl (C=O) groups excluding carboxylic acids is 3. The molecule has 3 aliphatic heterocycles. The van der Waals surface area contributed by atoms with E-state index in [2.05, 4.69) is 32.3 Å². The van der Waals surface area contributed by atoms with Gasteiger partial charge in [0.25, 0.3) is 5.91 Å². The SMILES string of the molecule is COc1ncc2cc(CN3CCC(Oc4ccc5c(c4)CN(C4CCC(=O)NC4=O)C5=O)C3)ccc2n1. The van der Waals surface area contributed by atoms with Crippen molar-refractivity contribution < 1.29 is 23.9 Å². The zero-order chi connectivity index (χ0) is 25.5. The van der Waals surface area contributed by atoms with Crippen molar-refractivity contribution in [1.82, 2.24) is 25.1 Å². The molecule has 190 valence electrons. The summed E-state index contributed by atoms with van der Waals surface area (Å²) in [6.45, 7) is 2.87. The summed E-state index contributed by atoms with van der Waals surface area (Å²) >= 11 is 0. The highest BCUT2D eigenvalue weighted by molar-refractivity contribution is 6.05. The third kappa shape index (κ3) is 4.60. The summed E-state index contributed by atoms with van der Waals surface area (Å²) in [5.41, 5.74) is 3.47. The summed E-state index contributed by atoms with van der Waals surface area (Å²) in [6.07, 6.45) is 3.33. The molecule has 37 heavy (non-hydrogen) atoms. The Morgan fingerprint density at radius 3 is 2.84 bits per heavy atom. The van der Waals surface area contributed by atoms with Crippen LogP contribution in [0, 0.1) is 0 Å². The van der Waals surface area contributed by atoms with Gasteiger partial charge in [-0.25, -0.2) is 4.98 Å². The highest BCUT2D eigenvalue weighted by Crippen LogP contribution is 2.31. The topological polar surface area (TPSA) is 114 Å². The van der Waals surface area contributed by atoms with Gasteiger partial charge in [0.2, 0.25) is 11.8 Å². The molecule has 0 radical (unpaired) electrons. The van der Waals surface area contributed by atoms with Gasteiger partial charge in [0.1, 0.15) is 17.9 Å². The fourth-order valence-electron chi connectivity index (χ4n) is 5.37. The number of amides is 3. The van der Waals surface area contributed by atoms with E-state index in [0.29, 0.717) is 24.5 Å². The lowest BCUT2D eigenvalue weighted by molar-refractivity contribution is -0.136. The molecule has 2 saturated heterocycles. The Kier molecular flexibility index (Phi) is 5.96. The Bertz CT molecular complexity index is 1410. The van der Waals surface area contributed by atoms with Gasteiger partial charge in [-0.1, -0.05) is 6.07 Å². The second kappa shape index (κ2) is 9.44. The molecule has 2 aromatic carbocycles. The number of likely N-dealkylation sites (tertiary alicyclic amines) is 1. The van der Waals surface area contributed by atoms with Gasteiger partial charge < -0.3 is 14.4 Å². The number of piperidine rings is 1. The Hall–Kier alpha value is -4.05. The maximum absolute atomic E-state index is 12.9. The van der Waals surface area contributed by atoms with Crippen LogP contribution < -0.4 is 14.8 Å². The van der Waals surface area contributed by atoms with E-state index in [1.165, 1.54) is 5.56 Å². The minimum Gasteiger partial charge on any atom is -0.489 e. The molecule has 1 N–H and O–H groups in total. The van der Waals surface area contributed by atoms with Crippen LogP contribution in [-0.2, 0) is 22.7 Å². The van der Waals surface area contributed by atoms with Crippen molar-refractivity contribution in [3.05, 3.63) is 59.3 Å². The number of hydrogen-bond acceptors (Lipinski definition) is 8. The van der Waals surface area contributed by atoms with Crippen LogP contribution in [0.25, 0.3) is 10.9 Å². The van der Waals surface area contributed by atoms with E-state index in [-0.39, 0.29) is 24.3 Å². The molecule has 2 atom stereocenters. The van der Waals surface area contributed by atoms with Crippen LogP contribution in [0.5, 0.6) is 11.8 Å². The van der Waals surface area contributed by atoms with E-state index in [4.69, 9.17) is 9.47 Å². The zero-order valence-electron chi connectivity index (χ0n) is 20.5. The summed E-state index contributed by atoms with van der Waals surface area (Å²) in [5.74, 6) is -0.150. The van der Waals surface area contributed by atoms with Gasteiger partial charge in [0, 0.05) is 49.7 Å². The summed E-state index contributed by atoms with van der Waals surface area (Å²) < 4.78 is 11.4. The molecule has 0 spiro atoms.